The third-order valence-electron chi connectivity index (χ3n) is 8.81. The summed E-state index contributed by atoms with van der Waals surface area (Å²) in [5.74, 6) is -1.63. The Morgan fingerprint density at radius 3 is 1.33 bits per heavy atom. The third kappa shape index (κ3) is 14.5. The molecule has 51 heavy (non-hydrogen) atoms. The van der Waals surface area contributed by atoms with Crippen LogP contribution in [0.15, 0.2) is 36.4 Å². The molecule has 2 saturated heterocycles. The summed E-state index contributed by atoms with van der Waals surface area (Å²) < 4.78 is 38.9. The summed E-state index contributed by atoms with van der Waals surface area (Å²) >= 11 is 0. The molecule has 10 nitrogen and oxygen atoms in total. The molecule has 0 aromatic heterocycles. The van der Waals surface area contributed by atoms with Crippen LogP contribution in [-0.4, -0.2) is 111 Å². The van der Waals surface area contributed by atoms with Crippen LogP contribution in [0.4, 0.5) is 8.78 Å². The fraction of sp³-hybridized carbons (Fsp3) is 0.579. The van der Waals surface area contributed by atoms with Gasteiger partial charge in [-0.05, 0) is 72.9 Å². The fourth-order valence-electron chi connectivity index (χ4n) is 5.97. The van der Waals surface area contributed by atoms with Gasteiger partial charge in [0.15, 0.2) is 0 Å². The second-order valence-electron chi connectivity index (χ2n) is 15.1. The zero-order chi connectivity index (χ0) is 37.2. The maximum absolute atomic E-state index is 13.5. The molecule has 2 aromatic carbocycles. The van der Waals surface area contributed by atoms with Crippen molar-refractivity contribution in [2.45, 2.75) is 90.9 Å². The molecule has 2 amide bonds. The van der Waals surface area contributed by atoms with Gasteiger partial charge in [-0.15, -0.1) is 0 Å². The number of halogens is 2. The summed E-state index contributed by atoms with van der Waals surface area (Å²) in [5, 5.41) is 20.9. The molecule has 2 heterocycles. The van der Waals surface area contributed by atoms with Crippen molar-refractivity contribution in [3.63, 3.8) is 0 Å². The van der Waals surface area contributed by atoms with Gasteiger partial charge in [0.25, 0.3) is 0 Å². The molecule has 0 spiro atoms. The summed E-state index contributed by atoms with van der Waals surface area (Å²) in [7, 11) is 0. The molecule has 0 N–H and O–H groups in total. The zero-order valence-electron chi connectivity index (χ0n) is 30.7. The molecule has 0 bridgehead atoms. The monoisotopic (exact) mass is 740 g/mol. The van der Waals surface area contributed by atoms with Crippen molar-refractivity contribution >= 4 is 61.5 Å². The Morgan fingerprint density at radius 2 is 1.02 bits per heavy atom. The summed E-state index contributed by atoms with van der Waals surface area (Å²) in [6, 6.07) is 9.06. The van der Waals surface area contributed by atoms with Crippen molar-refractivity contribution in [3.05, 3.63) is 59.2 Å². The van der Waals surface area contributed by atoms with Gasteiger partial charge in [0.1, 0.15) is 23.1 Å². The molecule has 2 atom stereocenters. The van der Waals surface area contributed by atoms with Gasteiger partial charge in [-0.25, -0.2) is 8.78 Å². The van der Waals surface area contributed by atoms with Crippen LogP contribution in [0.3, 0.4) is 0 Å². The number of carboxylic acid groups (broad SMARTS) is 2. The van der Waals surface area contributed by atoms with Crippen LogP contribution < -0.4 is 19.7 Å². The van der Waals surface area contributed by atoms with Crippen molar-refractivity contribution in [3.8, 4) is 11.5 Å². The van der Waals surface area contributed by atoms with Gasteiger partial charge in [0, 0.05) is 73.9 Å². The molecule has 2 unspecified atom stereocenters. The minimum atomic E-state index is -1.21. The van der Waals surface area contributed by atoms with E-state index in [1.807, 2.05) is 41.5 Å². The van der Waals surface area contributed by atoms with Gasteiger partial charge >= 0.3 is 37.7 Å². The number of carbonyl (C=O) groups excluding carboxylic acids is 4. The van der Waals surface area contributed by atoms with E-state index in [1.54, 1.807) is 21.9 Å². The second kappa shape index (κ2) is 19.8. The number of likely N-dealkylation sites (tertiary alicyclic amines) is 2. The molecular weight excluding hydrogens is 690 g/mol. The number of aliphatic carboxylic acids is 2. The summed E-state index contributed by atoms with van der Waals surface area (Å²) in [5.41, 5.74) is 1.15. The average Bonchev–Trinajstić information content (AvgIpc) is 3.71. The Labute approximate surface area is 329 Å². The zero-order valence-corrected chi connectivity index (χ0v) is 32.9. The summed E-state index contributed by atoms with van der Waals surface area (Å²) in [6.07, 6.45) is 1.07. The fourth-order valence-corrected chi connectivity index (χ4v) is 5.97. The Kier molecular flexibility index (Phi) is 17.1. The van der Waals surface area contributed by atoms with Crippen molar-refractivity contribution in [1.82, 2.24) is 9.80 Å². The first-order valence-electron chi connectivity index (χ1n) is 17.1. The Morgan fingerprint density at radius 1 is 0.667 bits per heavy atom. The van der Waals surface area contributed by atoms with Gasteiger partial charge < -0.3 is 39.1 Å². The van der Waals surface area contributed by atoms with E-state index < -0.39 is 11.9 Å². The smallest absolute Gasteiger partial charge is 0.550 e. The quantitative estimate of drug-likeness (QED) is 0.302. The van der Waals surface area contributed by atoms with Crippen LogP contribution in [0.5, 0.6) is 11.5 Å². The molecule has 0 saturated carbocycles. The molecule has 0 aliphatic carbocycles. The van der Waals surface area contributed by atoms with Gasteiger partial charge in [0.2, 0.25) is 11.8 Å². The van der Waals surface area contributed by atoms with Gasteiger partial charge in [-0.2, -0.15) is 0 Å². The largest absolute Gasteiger partial charge is 2.00 e. The van der Waals surface area contributed by atoms with E-state index >= 15 is 0 Å². The minimum Gasteiger partial charge on any atom is -0.550 e. The van der Waals surface area contributed by atoms with E-state index in [2.05, 4.69) is 0 Å². The molecule has 0 radical (unpaired) electrons. The molecular formula is C38H50CaF2N2O8. The molecule has 2 aliphatic rings. The first-order valence-corrected chi connectivity index (χ1v) is 17.1. The Hall–Kier alpha value is -2.96. The molecule has 2 aliphatic heterocycles. The second-order valence-corrected chi connectivity index (χ2v) is 15.1. The van der Waals surface area contributed by atoms with Crippen LogP contribution >= 0.6 is 0 Å². The van der Waals surface area contributed by atoms with Crippen molar-refractivity contribution in [1.29, 1.82) is 0 Å². The standard InChI is InChI=1S/2C19H26FNO4.Ca/c2*1-19(2,3)15-10-14(20)4-5-16(15)25-12-13-8-9-21(11-13)17(22)6-7-18(23)24;/h2*4-5,10,13H,6-9,11-12H2,1-3H3,(H,23,24);/q;;+2/p-2. The van der Waals surface area contributed by atoms with E-state index in [-0.39, 0.29) is 110 Å². The Balaban J connectivity index is 0.000000347. The first-order chi connectivity index (χ1) is 23.3. The third-order valence-corrected chi connectivity index (χ3v) is 8.81. The van der Waals surface area contributed by atoms with Crippen LogP contribution in [0.1, 0.15) is 91.2 Å². The number of rotatable bonds is 12. The van der Waals surface area contributed by atoms with Crippen molar-refractivity contribution < 1.29 is 47.6 Å². The number of hydrogen-bond acceptors (Lipinski definition) is 8. The van der Waals surface area contributed by atoms with Crippen LogP contribution in [-0.2, 0) is 30.0 Å². The topological polar surface area (TPSA) is 139 Å². The van der Waals surface area contributed by atoms with E-state index in [0.29, 0.717) is 50.9 Å². The number of ether oxygens (including phenoxy) is 2. The molecule has 4 rings (SSSR count). The number of amides is 2. The molecule has 2 aromatic rings. The predicted octanol–water partition coefficient (Wildman–Crippen LogP) is 3.38. The normalized spacial score (nSPS) is 17.3. The number of benzene rings is 2. The number of carboxylic acids is 2. The van der Waals surface area contributed by atoms with E-state index in [1.165, 1.54) is 24.3 Å². The van der Waals surface area contributed by atoms with Gasteiger partial charge in [-0.1, -0.05) is 41.5 Å². The predicted molar refractivity (Wildman–Crippen MR) is 185 cm³/mol. The van der Waals surface area contributed by atoms with E-state index in [4.69, 9.17) is 9.47 Å². The Bertz CT molecular complexity index is 1400. The van der Waals surface area contributed by atoms with Gasteiger partial charge in [-0.3, -0.25) is 9.59 Å². The number of hydrogen-bond donors (Lipinski definition) is 0. The van der Waals surface area contributed by atoms with Crippen LogP contribution in [0.2, 0.25) is 0 Å². The SMILES string of the molecule is CC(C)(C)c1cc(F)ccc1OCC1CCN(C(=O)CCC(=O)[O-])C1.CC(C)(C)c1cc(F)ccc1OCC1CCN(C(=O)CCC(=O)[O-])C1.[Ca+2]. The molecule has 2 fully saturated rings. The van der Waals surface area contributed by atoms with Crippen molar-refractivity contribution in [2.24, 2.45) is 11.8 Å². The summed E-state index contributed by atoms with van der Waals surface area (Å²) in [4.78, 5) is 48.1. The number of nitrogens with zero attached hydrogens (tertiary/aromatic N) is 2. The average molecular weight is 741 g/mol. The van der Waals surface area contributed by atoms with E-state index in [0.717, 1.165) is 24.0 Å². The van der Waals surface area contributed by atoms with Gasteiger partial charge in [0.05, 0.1) is 13.2 Å². The first kappa shape index (κ1) is 44.2. The number of carbonyl (C=O) groups is 4. The van der Waals surface area contributed by atoms with Crippen molar-refractivity contribution in [2.75, 3.05) is 39.4 Å². The minimum absolute atomic E-state index is 0. The van der Waals surface area contributed by atoms with Crippen LogP contribution in [0.25, 0.3) is 0 Å². The molecule has 13 heteroatoms. The molecule has 276 valence electrons. The van der Waals surface area contributed by atoms with Crippen LogP contribution in [0, 0.1) is 23.5 Å². The van der Waals surface area contributed by atoms with E-state index in [9.17, 15) is 38.2 Å². The summed E-state index contributed by atoms with van der Waals surface area (Å²) in [6.45, 7) is 15.2. The maximum Gasteiger partial charge on any atom is 2.00 e. The maximum atomic E-state index is 13.5.